The molecular formula is C12H7BrClN3. The van der Waals surface area contributed by atoms with Crippen LogP contribution < -0.4 is 0 Å². The molecule has 0 atom stereocenters. The summed E-state index contributed by atoms with van der Waals surface area (Å²) in [6, 6.07) is 13.4. The van der Waals surface area contributed by atoms with E-state index in [2.05, 4.69) is 26.1 Å². The Morgan fingerprint density at radius 3 is 2.53 bits per heavy atom. The summed E-state index contributed by atoms with van der Waals surface area (Å²) < 4.78 is 2.85. The molecule has 0 saturated heterocycles. The van der Waals surface area contributed by atoms with Crippen LogP contribution in [0.1, 0.15) is 0 Å². The van der Waals surface area contributed by atoms with Crippen molar-refractivity contribution in [2.45, 2.75) is 0 Å². The van der Waals surface area contributed by atoms with Crippen molar-refractivity contribution in [3.63, 3.8) is 0 Å². The predicted molar refractivity (Wildman–Crippen MR) is 71.1 cm³/mol. The maximum absolute atomic E-state index is 6.16. The fraction of sp³-hybridized carbons (Fsp3) is 0. The Hall–Kier alpha value is -1.39. The number of aromatic nitrogens is 3. The van der Waals surface area contributed by atoms with Gasteiger partial charge in [0.2, 0.25) is 0 Å². The molecule has 0 aliphatic carbocycles. The van der Waals surface area contributed by atoms with Crippen LogP contribution in [0.2, 0.25) is 5.15 Å². The first-order valence-electron chi connectivity index (χ1n) is 5.01. The third-order valence-corrected chi connectivity index (χ3v) is 3.31. The Labute approximate surface area is 111 Å². The van der Waals surface area contributed by atoms with Gasteiger partial charge in [0.05, 0.1) is 0 Å². The fourth-order valence-corrected chi connectivity index (χ4v) is 2.19. The second-order valence-electron chi connectivity index (χ2n) is 3.57. The molecular weight excluding hydrogens is 302 g/mol. The topological polar surface area (TPSA) is 30.2 Å². The summed E-state index contributed by atoms with van der Waals surface area (Å²) in [6.45, 7) is 0. The summed E-state index contributed by atoms with van der Waals surface area (Å²) in [6.07, 6.45) is 0. The van der Waals surface area contributed by atoms with Crippen molar-refractivity contribution in [3.05, 3.63) is 52.1 Å². The number of pyridine rings is 1. The first-order valence-corrected chi connectivity index (χ1v) is 6.18. The van der Waals surface area contributed by atoms with Gasteiger partial charge >= 0.3 is 0 Å². The Morgan fingerprint density at radius 1 is 1.00 bits per heavy atom. The molecule has 0 saturated carbocycles. The van der Waals surface area contributed by atoms with Gasteiger partial charge in [-0.15, -0.1) is 10.2 Å². The monoisotopic (exact) mass is 307 g/mol. The first kappa shape index (κ1) is 10.7. The molecule has 2 heterocycles. The quantitative estimate of drug-likeness (QED) is 0.640. The van der Waals surface area contributed by atoms with E-state index in [1.165, 1.54) is 0 Å². The van der Waals surface area contributed by atoms with Crippen molar-refractivity contribution in [2.75, 3.05) is 0 Å². The van der Waals surface area contributed by atoms with E-state index in [4.69, 9.17) is 11.6 Å². The minimum atomic E-state index is 0.602. The minimum Gasteiger partial charge on any atom is -0.265 e. The number of nitrogens with zero attached hydrogens (tertiary/aromatic N) is 3. The lowest BCUT2D eigenvalue weighted by molar-refractivity contribution is 1.11. The van der Waals surface area contributed by atoms with Crippen LogP contribution in [0.25, 0.3) is 17.0 Å². The third-order valence-electron chi connectivity index (χ3n) is 2.48. The lowest BCUT2D eigenvalue weighted by Crippen LogP contribution is -1.90. The highest BCUT2D eigenvalue weighted by molar-refractivity contribution is 9.10. The van der Waals surface area contributed by atoms with Gasteiger partial charge in [-0.25, -0.2) is 0 Å². The van der Waals surface area contributed by atoms with E-state index in [0.717, 1.165) is 21.5 Å². The van der Waals surface area contributed by atoms with E-state index in [0.29, 0.717) is 5.15 Å². The molecule has 2 aromatic heterocycles. The molecule has 0 spiro atoms. The molecule has 0 bridgehead atoms. The highest BCUT2D eigenvalue weighted by atomic mass is 79.9. The normalized spacial score (nSPS) is 10.9. The number of rotatable bonds is 1. The van der Waals surface area contributed by atoms with Gasteiger partial charge in [0.25, 0.3) is 0 Å². The van der Waals surface area contributed by atoms with Crippen molar-refractivity contribution in [3.8, 4) is 11.4 Å². The van der Waals surface area contributed by atoms with E-state index in [1.54, 1.807) is 0 Å². The summed E-state index contributed by atoms with van der Waals surface area (Å²) in [7, 11) is 0. The van der Waals surface area contributed by atoms with Crippen molar-refractivity contribution in [1.82, 2.24) is 14.6 Å². The molecule has 1 aromatic carbocycles. The van der Waals surface area contributed by atoms with E-state index in [9.17, 15) is 0 Å². The third kappa shape index (κ3) is 1.83. The highest BCUT2D eigenvalue weighted by Gasteiger charge is 2.09. The minimum absolute atomic E-state index is 0.602. The molecule has 0 N–H and O–H groups in total. The Morgan fingerprint density at radius 2 is 1.76 bits per heavy atom. The molecule has 0 amide bonds. The zero-order valence-electron chi connectivity index (χ0n) is 8.64. The van der Waals surface area contributed by atoms with Crippen LogP contribution in [-0.4, -0.2) is 14.6 Å². The molecule has 3 aromatic rings. The fourth-order valence-electron chi connectivity index (χ4n) is 1.69. The molecule has 3 rings (SSSR count). The van der Waals surface area contributed by atoms with E-state index < -0.39 is 0 Å². The number of hydrogen-bond acceptors (Lipinski definition) is 2. The first-order chi connectivity index (χ1) is 8.25. The average Bonchev–Trinajstić information content (AvgIpc) is 2.75. The van der Waals surface area contributed by atoms with Gasteiger partial charge in [-0.3, -0.25) is 4.40 Å². The van der Waals surface area contributed by atoms with Crippen LogP contribution in [0.3, 0.4) is 0 Å². The standard InChI is InChI=1S/C12H7BrClN3/c13-9-6-4-8(5-7-9)12-16-15-11-3-1-2-10(14)17(11)12/h1-7H. The summed E-state index contributed by atoms with van der Waals surface area (Å²) >= 11 is 9.56. The van der Waals surface area contributed by atoms with Crippen LogP contribution in [-0.2, 0) is 0 Å². The van der Waals surface area contributed by atoms with Crippen molar-refractivity contribution >= 4 is 33.2 Å². The molecule has 3 nitrogen and oxygen atoms in total. The zero-order valence-corrected chi connectivity index (χ0v) is 11.0. The smallest absolute Gasteiger partial charge is 0.169 e. The van der Waals surface area contributed by atoms with E-state index >= 15 is 0 Å². The number of benzene rings is 1. The second-order valence-corrected chi connectivity index (χ2v) is 4.88. The average molecular weight is 309 g/mol. The van der Waals surface area contributed by atoms with Gasteiger partial charge in [-0.05, 0) is 24.3 Å². The lowest BCUT2D eigenvalue weighted by atomic mass is 10.2. The molecule has 17 heavy (non-hydrogen) atoms. The Balaban J connectivity index is 2.27. The molecule has 0 radical (unpaired) electrons. The molecule has 0 aliphatic rings. The van der Waals surface area contributed by atoms with Crippen molar-refractivity contribution < 1.29 is 0 Å². The molecule has 5 heteroatoms. The largest absolute Gasteiger partial charge is 0.265 e. The highest BCUT2D eigenvalue weighted by Crippen LogP contribution is 2.23. The summed E-state index contributed by atoms with van der Waals surface area (Å²) in [5.74, 6) is 0.748. The molecule has 0 unspecified atom stereocenters. The van der Waals surface area contributed by atoms with Crippen LogP contribution in [0.5, 0.6) is 0 Å². The summed E-state index contributed by atoms with van der Waals surface area (Å²) in [5, 5.41) is 8.87. The lowest BCUT2D eigenvalue weighted by Gasteiger charge is -2.02. The van der Waals surface area contributed by atoms with Gasteiger partial charge in [0.15, 0.2) is 11.5 Å². The second kappa shape index (κ2) is 4.13. The number of fused-ring (bicyclic) bond motifs is 1. The van der Waals surface area contributed by atoms with Crippen LogP contribution in [0.15, 0.2) is 46.9 Å². The predicted octanol–water partition coefficient (Wildman–Crippen LogP) is 3.81. The van der Waals surface area contributed by atoms with Gasteiger partial charge in [0, 0.05) is 10.0 Å². The Kier molecular flexibility index (Phi) is 2.61. The van der Waals surface area contributed by atoms with Crippen LogP contribution >= 0.6 is 27.5 Å². The van der Waals surface area contributed by atoms with E-state index in [-0.39, 0.29) is 0 Å². The maximum Gasteiger partial charge on any atom is 0.169 e. The SMILES string of the molecule is Clc1cccc2nnc(-c3ccc(Br)cc3)n12. The molecule has 0 fully saturated rings. The summed E-state index contributed by atoms with van der Waals surface area (Å²) in [4.78, 5) is 0. The van der Waals surface area contributed by atoms with Crippen molar-refractivity contribution in [2.24, 2.45) is 0 Å². The maximum atomic E-state index is 6.16. The van der Waals surface area contributed by atoms with E-state index in [1.807, 2.05) is 46.9 Å². The molecule has 0 aliphatic heterocycles. The van der Waals surface area contributed by atoms with Gasteiger partial charge < -0.3 is 0 Å². The zero-order chi connectivity index (χ0) is 11.8. The Bertz CT molecular complexity index is 676. The van der Waals surface area contributed by atoms with Crippen LogP contribution in [0, 0.1) is 0 Å². The number of hydrogen-bond donors (Lipinski definition) is 0. The van der Waals surface area contributed by atoms with Gasteiger partial charge in [0.1, 0.15) is 5.15 Å². The molecule has 84 valence electrons. The van der Waals surface area contributed by atoms with Gasteiger partial charge in [-0.1, -0.05) is 45.7 Å². The van der Waals surface area contributed by atoms with Crippen molar-refractivity contribution in [1.29, 1.82) is 0 Å². The van der Waals surface area contributed by atoms with Gasteiger partial charge in [-0.2, -0.15) is 0 Å². The van der Waals surface area contributed by atoms with Crippen LogP contribution in [0.4, 0.5) is 0 Å². The number of halogens is 2. The summed E-state index contributed by atoms with van der Waals surface area (Å²) in [5.41, 5.74) is 1.73.